The summed E-state index contributed by atoms with van der Waals surface area (Å²) < 4.78 is 12.1. The summed E-state index contributed by atoms with van der Waals surface area (Å²) in [4.78, 5) is 16.4. The molecule has 4 fully saturated rings. The van der Waals surface area contributed by atoms with E-state index in [0.29, 0.717) is 12.6 Å². The van der Waals surface area contributed by atoms with Crippen molar-refractivity contribution in [3.8, 4) is 5.75 Å². The fourth-order valence-corrected chi connectivity index (χ4v) is 5.11. The molecule has 1 amide bonds. The Kier molecular flexibility index (Phi) is 5.39. The normalized spacial score (nSPS) is 26.2. The molecule has 158 valence electrons. The van der Waals surface area contributed by atoms with Crippen LogP contribution in [-0.4, -0.2) is 67.9 Å². The van der Waals surface area contributed by atoms with E-state index in [-0.39, 0.29) is 18.1 Å². The molecule has 3 saturated heterocycles. The fraction of sp³-hybridized carbons (Fsp3) is 0.696. The average molecular weight is 400 g/mol. The average Bonchev–Trinajstić information content (AvgIpc) is 2.72. The van der Waals surface area contributed by atoms with Crippen LogP contribution in [0.25, 0.3) is 0 Å². The molecule has 3 aliphatic heterocycles. The van der Waals surface area contributed by atoms with Gasteiger partial charge in [0.2, 0.25) is 5.91 Å². The SMILES string of the molecule is O=C1COC2(CCN(c3ccc(OC4CCN(C5CCC5)CC4)cc3)CC2)CN1. The third kappa shape index (κ3) is 4.24. The quantitative estimate of drug-likeness (QED) is 0.843. The highest BCUT2D eigenvalue weighted by Gasteiger charge is 2.39. The van der Waals surface area contributed by atoms with Gasteiger partial charge in [0.1, 0.15) is 18.5 Å². The van der Waals surface area contributed by atoms with Crippen LogP contribution in [0.2, 0.25) is 0 Å². The van der Waals surface area contributed by atoms with E-state index in [1.54, 1.807) is 0 Å². The van der Waals surface area contributed by atoms with Gasteiger partial charge in [0.15, 0.2) is 0 Å². The summed E-state index contributed by atoms with van der Waals surface area (Å²) in [5, 5.41) is 2.96. The first kappa shape index (κ1) is 19.2. The van der Waals surface area contributed by atoms with E-state index in [1.165, 1.54) is 38.0 Å². The summed E-state index contributed by atoms with van der Waals surface area (Å²) in [5.74, 6) is 0.991. The Morgan fingerprint density at radius 2 is 1.72 bits per heavy atom. The second-order valence-electron chi connectivity index (χ2n) is 9.17. The van der Waals surface area contributed by atoms with Gasteiger partial charge in [0.05, 0.1) is 5.60 Å². The van der Waals surface area contributed by atoms with Gasteiger partial charge in [-0.05, 0) is 62.8 Å². The summed E-state index contributed by atoms with van der Waals surface area (Å²) in [6.45, 7) is 5.12. The largest absolute Gasteiger partial charge is 0.490 e. The van der Waals surface area contributed by atoms with Crippen LogP contribution >= 0.6 is 0 Å². The number of carbonyl (C=O) groups is 1. The van der Waals surface area contributed by atoms with Gasteiger partial charge in [-0.2, -0.15) is 0 Å². The number of piperidine rings is 2. The number of hydrogen-bond donors (Lipinski definition) is 1. The first-order chi connectivity index (χ1) is 14.2. The zero-order valence-corrected chi connectivity index (χ0v) is 17.3. The number of morpholine rings is 1. The fourth-order valence-electron chi connectivity index (χ4n) is 5.11. The number of rotatable bonds is 4. The van der Waals surface area contributed by atoms with Crippen LogP contribution in [0.3, 0.4) is 0 Å². The Morgan fingerprint density at radius 3 is 2.31 bits per heavy atom. The highest BCUT2D eigenvalue weighted by molar-refractivity contribution is 5.78. The maximum absolute atomic E-state index is 11.4. The van der Waals surface area contributed by atoms with Crippen molar-refractivity contribution < 1.29 is 14.3 Å². The molecule has 3 heterocycles. The minimum Gasteiger partial charge on any atom is -0.490 e. The molecule has 0 bridgehead atoms. The first-order valence-electron chi connectivity index (χ1n) is 11.4. The molecule has 1 spiro atoms. The Bertz CT molecular complexity index is 691. The number of carbonyl (C=O) groups excluding carboxylic acids is 1. The Hall–Kier alpha value is -1.79. The number of nitrogens with one attached hydrogen (secondary N) is 1. The van der Waals surface area contributed by atoms with Crippen molar-refractivity contribution in [3.63, 3.8) is 0 Å². The second-order valence-corrected chi connectivity index (χ2v) is 9.17. The van der Waals surface area contributed by atoms with Crippen molar-refractivity contribution >= 4 is 11.6 Å². The Balaban J connectivity index is 1.10. The molecule has 1 aromatic rings. The summed E-state index contributed by atoms with van der Waals surface area (Å²) in [7, 11) is 0. The molecule has 0 radical (unpaired) electrons. The Morgan fingerprint density at radius 1 is 1.00 bits per heavy atom. The van der Waals surface area contributed by atoms with Gasteiger partial charge in [0, 0.05) is 44.5 Å². The molecule has 1 aromatic carbocycles. The van der Waals surface area contributed by atoms with Gasteiger partial charge in [-0.3, -0.25) is 4.79 Å². The minimum atomic E-state index is -0.165. The van der Waals surface area contributed by atoms with E-state index in [9.17, 15) is 4.79 Å². The number of hydrogen-bond acceptors (Lipinski definition) is 5. The van der Waals surface area contributed by atoms with Crippen molar-refractivity contribution in [1.82, 2.24) is 10.2 Å². The number of nitrogens with zero attached hydrogens (tertiary/aromatic N) is 2. The van der Waals surface area contributed by atoms with Gasteiger partial charge in [-0.25, -0.2) is 0 Å². The van der Waals surface area contributed by atoms with Crippen molar-refractivity contribution in [3.05, 3.63) is 24.3 Å². The van der Waals surface area contributed by atoms with Crippen LogP contribution < -0.4 is 15.0 Å². The van der Waals surface area contributed by atoms with E-state index in [1.807, 2.05) is 0 Å². The Labute approximate surface area is 173 Å². The first-order valence-corrected chi connectivity index (χ1v) is 11.4. The van der Waals surface area contributed by atoms with Crippen LogP contribution in [0, 0.1) is 0 Å². The van der Waals surface area contributed by atoms with Gasteiger partial charge >= 0.3 is 0 Å². The number of anilines is 1. The smallest absolute Gasteiger partial charge is 0.246 e. The maximum atomic E-state index is 11.4. The van der Waals surface area contributed by atoms with Crippen molar-refractivity contribution in [1.29, 1.82) is 0 Å². The molecule has 1 saturated carbocycles. The molecular weight excluding hydrogens is 366 g/mol. The van der Waals surface area contributed by atoms with E-state index in [0.717, 1.165) is 50.6 Å². The van der Waals surface area contributed by atoms with Crippen LogP contribution in [0.5, 0.6) is 5.75 Å². The molecule has 0 unspecified atom stereocenters. The topological polar surface area (TPSA) is 54.0 Å². The van der Waals surface area contributed by atoms with E-state index in [2.05, 4.69) is 39.4 Å². The highest BCUT2D eigenvalue weighted by Crippen LogP contribution is 2.32. The molecule has 1 aliphatic carbocycles. The number of ether oxygens (including phenoxy) is 2. The van der Waals surface area contributed by atoms with Crippen molar-refractivity contribution in [2.75, 3.05) is 44.2 Å². The lowest BCUT2D eigenvalue weighted by atomic mass is 9.89. The van der Waals surface area contributed by atoms with Crippen LogP contribution in [0.15, 0.2) is 24.3 Å². The maximum Gasteiger partial charge on any atom is 0.246 e. The molecule has 29 heavy (non-hydrogen) atoms. The van der Waals surface area contributed by atoms with E-state index in [4.69, 9.17) is 9.47 Å². The van der Waals surface area contributed by atoms with Gasteiger partial charge in [0.25, 0.3) is 0 Å². The highest BCUT2D eigenvalue weighted by atomic mass is 16.5. The van der Waals surface area contributed by atoms with Crippen molar-refractivity contribution in [2.24, 2.45) is 0 Å². The van der Waals surface area contributed by atoms with Crippen LogP contribution in [0.4, 0.5) is 5.69 Å². The van der Waals surface area contributed by atoms with Crippen LogP contribution in [0.1, 0.15) is 44.9 Å². The molecule has 5 rings (SSSR count). The lowest BCUT2D eigenvalue weighted by Gasteiger charge is -2.44. The van der Waals surface area contributed by atoms with E-state index >= 15 is 0 Å². The molecule has 6 nitrogen and oxygen atoms in total. The molecule has 4 aliphatic rings. The molecule has 1 N–H and O–H groups in total. The number of benzene rings is 1. The molecule has 6 heteroatoms. The number of amides is 1. The third-order valence-corrected chi connectivity index (χ3v) is 7.36. The summed E-state index contributed by atoms with van der Waals surface area (Å²) >= 11 is 0. The lowest BCUT2D eigenvalue weighted by molar-refractivity contribution is -0.146. The standard InChI is InChI=1S/C23H33N3O3/c27-22-16-28-23(17-24-22)10-14-26(15-11-23)19-4-6-20(7-5-19)29-21-8-12-25(13-9-21)18-2-1-3-18/h4-7,18,21H,1-3,8-17H2,(H,24,27). The predicted octanol–water partition coefficient (Wildman–Crippen LogP) is 2.57. The van der Waals surface area contributed by atoms with Crippen molar-refractivity contribution in [2.45, 2.75) is 62.7 Å². The molecule has 0 atom stereocenters. The van der Waals surface area contributed by atoms with Crippen LogP contribution in [-0.2, 0) is 9.53 Å². The zero-order valence-electron chi connectivity index (χ0n) is 17.3. The summed E-state index contributed by atoms with van der Waals surface area (Å²) in [6.07, 6.45) is 8.74. The molecular formula is C23H33N3O3. The molecule has 0 aromatic heterocycles. The predicted molar refractivity (Wildman–Crippen MR) is 112 cm³/mol. The summed E-state index contributed by atoms with van der Waals surface area (Å²) in [6, 6.07) is 9.46. The monoisotopic (exact) mass is 399 g/mol. The lowest BCUT2D eigenvalue weighted by Crippen LogP contribution is -2.57. The minimum absolute atomic E-state index is 0.00218. The van der Waals surface area contributed by atoms with Gasteiger partial charge in [-0.15, -0.1) is 0 Å². The summed E-state index contributed by atoms with van der Waals surface area (Å²) in [5.41, 5.74) is 1.08. The van der Waals surface area contributed by atoms with E-state index < -0.39 is 0 Å². The number of likely N-dealkylation sites (tertiary alicyclic amines) is 1. The van der Waals surface area contributed by atoms with Gasteiger partial charge in [-0.1, -0.05) is 6.42 Å². The third-order valence-electron chi connectivity index (χ3n) is 7.36. The second kappa shape index (κ2) is 8.15. The zero-order chi connectivity index (χ0) is 19.7. The van der Waals surface area contributed by atoms with Gasteiger partial charge < -0.3 is 24.6 Å².